The van der Waals surface area contributed by atoms with Crippen molar-refractivity contribution in [3.05, 3.63) is 47.3 Å². The lowest BCUT2D eigenvalue weighted by Crippen LogP contribution is -2.10. The smallest absolute Gasteiger partial charge is 0.260 e. The van der Waals surface area contributed by atoms with E-state index < -0.39 is 0 Å². The number of rotatable bonds is 2. The van der Waals surface area contributed by atoms with Crippen LogP contribution in [0.3, 0.4) is 0 Å². The van der Waals surface area contributed by atoms with E-state index in [0.29, 0.717) is 16.3 Å². The zero-order valence-corrected chi connectivity index (χ0v) is 8.36. The van der Waals surface area contributed by atoms with Crippen LogP contribution in [0.15, 0.2) is 41.2 Å². The number of benzene rings is 1. The van der Waals surface area contributed by atoms with Crippen molar-refractivity contribution in [3.8, 4) is 0 Å². The maximum Gasteiger partial charge on any atom is 0.260 e. The minimum Gasteiger partial charge on any atom is -0.364 e. The summed E-state index contributed by atoms with van der Waals surface area (Å²) in [5, 5.41) is 6.67. The van der Waals surface area contributed by atoms with E-state index in [2.05, 4.69) is 15.0 Å². The Morgan fingerprint density at radius 2 is 2.33 bits per heavy atom. The Morgan fingerprint density at radius 3 is 3.00 bits per heavy atom. The standard InChI is InChI=1S/C10H7ClN2O2/c11-8-2-1-3-9(4-8)13-10(14)7-5-12-15-6-7/h1-6H,(H,13,14). The van der Waals surface area contributed by atoms with Crippen molar-refractivity contribution < 1.29 is 9.32 Å². The molecular formula is C10H7ClN2O2. The fraction of sp³-hybridized carbons (Fsp3) is 0. The molecule has 76 valence electrons. The molecule has 0 bridgehead atoms. The van der Waals surface area contributed by atoms with Crippen LogP contribution in [0.2, 0.25) is 5.02 Å². The normalized spacial score (nSPS) is 9.93. The summed E-state index contributed by atoms with van der Waals surface area (Å²) >= 11 is 5.77. The lowest BCUT2D eigenvalue weighted by Gasteiger charge is -2.02. The molecule has 15 heavy (non-hydrogen) atoms. The van der Waals surface area contributed by atoms with E-state index in [1.165, 1.54) is 12.5 Å². The zero-order chi connectivity index (χ0) is 10.7. The average Bonchev–Trinajstić information content (AvgIpc) is 2.70. The Kier molecular flexibility index (Phi) is 2.69. The van der Waals surface area contributed by atoms with E-state index in [4.69, 9.17) is 11.6 Å². The molecule has 1 N–H and O–H groups in total. The minimum atomic E-state index is -0.279. The number of halogens is 1. The first kappa shape index (κ1) is 9.73. The highest BCUT2D eigenvalue weighted by Gasteiger charge is 2.07. The third-order valence-electron chi connectivity index (χ3n) is 1.78. The van der Waals surface area contributed by atoms with Gasteiger partial charge in [0.15, 0.2) is 0 Å². The lowest BCUT2D eigenvalue weighted by atomic mass is 10.3. The lowest BCUT2D eigenvalue weighted by molar-refractivity contribution is 0.102. The SMILES string of the molecule is O=C(Nc1cccc(Cl)c1)c1cnoc1. The highest BCUT2D eigenvalue weighted by molar-refractivity contribution is 6.30. The van der Waals surface area contributed by atoms with Crippen molar-refractivity contribution in [2.24, 2.45) is 0 Å². The topological polar surface area (TPSA) is 55.1 Å². The first-order chi connectivity index (χ1) is 7.25. The number of nitrogens with zero attached hydrogens (tertiary/aromatic N) is 1. The molecule has 0 saturated heterocycles. The molecule has 0 radical (unpaired) electrons. The maximum atomic E-state index is 11.5. The molecule has 0 atom stereocenters. The summed E-state index contributed by atoms with van der Waals surface area (Å²) in [5.41, 5.74) is 1.00. The highest BCUT2D eigenvalue weighted by Crippen LogP contribution is 2.15. The second kappa shape index (κ2) is 4.14. The quantitative estimate of drug-likeness (QED) is 0.850. The fourth-order valence-electron chi connectivity index (χ4n) is 1.09. The molecule has 1 aromatic carbocycles. The van der Waals surface area contributed by atoms with Gasteiger partial charge in [0.2, 0.25) is 0 Å². The molecule has 0 unspecified atom stereocenters. The number of nitrogens with one attached hydrogen (secondary N) is 1. The Hall–Kier alpha value is -1.81. The second-order valence-corrected chi connectivity index (χ2v) is 3.31. The Morgan fingerprint density at radius 1 is 1.47 bits per heavy atom. The molecule has 0 aliphatic heterocycles. The van der Waals surface area contributed by atoms with E-state index in [1.807, 2.05) is 0 Å². The number of amides is 1. The summed E-state index contributed by atoms with van der Waals surface area (Å²) in [7, 11) is 0. The Bertz CT molecular complexity index is 468. The van der Waals surface area contributed by atoms with Gasteiger partial charge < -0.3 is 9.84 Å². The van der Waals surface area contributed by atoms with Crippen LogP contribution in [0.4, 0.5) is 5.69 Å². The molecule has 1 amide bonds. The predicted octanol–water partition coefficient (Wildman–Crippen LogP) is 2.58. The molecule has 4 nitrogen and oxygen atoms in total. The molecule has 0 aliphatic carbocycles. The van der Waals surface area contributed by atoms with Crippen LogP contribution in [-0.2, 0) is 0 Å². The van der Waals surface area contributed by atoms with Gasteiger partial charge in [-0.15, -0.1) is 0 Å². The van der Waals surface area contributed by atoms with Crippen molar-refractivity contribution in [2.45, 2.75) is 0 Å². The first-order valence-corrected chi connectivity index (χ1v) is 4.60. The van der Waals surface area contributed by atoms with Gasteiger partial charge in [-0.05, 0) is 18.2 Å². The van der Waals surface area contributed by atoms with Crippen molar-refractivity contribution in [2.75, 3.05) is 5.32 Å². The van der Waals surface area contributed by atoms with Gasteiger partial charge in [-0.3, -0.25) is 4.79 Å². The molecule has 2 aromatic rings. The van der Waals surface area contributed by atoms with Gasteiger partial charge in [0.1, 0.15) is 6.26 Å². The summed E-state index contributed by atoms with van der Waals surface area (Å²) < 4.78 is 4.56. The third-order valence-corrected chi connectivity index (χ3v) is 2.01. The summed E-state index contributed by atoms with van der Waals surface area (Å²) in [6, 6.07) is 6.90. The maximum absolute atomic E-state index is 11.5. The van der Waals surface area contributed by atoms with Gasteiger partial charge in [-0.1, -0.05) is 22.8 Å². The van der Waals surface area contributed by atoms with Crippen LogP contribution in [0.1, 0.15) is 10.4 Å². The fourth-order valence-corrected chi connectivity index (χ4v) is 1.28. The Labute approximate surface area is 90.8 Å². The molecule has 2 rings (SSSR count). The van der Waals surface area contributed by atoms with Gasteiger partial charge in [0, 0.05) is 10.7 Å². The number of aromatic nitrogens is 1. The predicted molar refractivity (Wildman–Crippen MR) is 55.9 cm³/mol. The zero-order valence-electron chi connectivity index (χ0n) is 7.61. The number of anilines is 1. The number of hydrogen-bond donors (Lipinski definition) is 1. The molecule has 5 heteroatoms. The van der Waals surface area contributed by atoms with Crippen molar-refractivity contribution in [1.82, 2.24) is 5.16 Å². The van der Waals surface area contributed by atoms with Crippen LogP contribution >= 0.6 is 11.6 Å². The van der Waals surface area contributed by atoms with Gasteiger partial charge >= 0.3 is 0 Å². The van der Waals surface area contributed by atoms with Crippen LogP contribution in [0, 0.1) is 0 Å². The largest absolute Gasteiger partial charge is 0.364 e. The van der Waals surface area contributed by atoms with E-state index in [9.17, 15) is 4.79 Å². The van der Waals surface area contributed by atoms with Crippen molar-refractivity contribution in [1.29, 1.82) is 0 Å². The van der Waals surface area contributed by atoms with Gasteiger partial charge in [0.25, 0.3) is 5.91 Å². The molecular weight excluding hydrogens is 216 g/mol. The Balaban J connectivity index is 2.13. The van der Waals surface area contributed by atoms with Gasteiger partial charge in [-0.25, -0.2) is 0 Å². The van der Waals surface area contributed by atoms with E-state index in [0.717, 1.165) is 0 Å². The third kappa shape index (κ3) is 2.35. The minimum absolute atomic E-state index is 0.279. The second-order valence-electron chi connectivity index (χ2n) is 2.88. The van der Waals surface area contributed by atoms with Crippen LogP contribution in [-0.4, -0.2) is 11.1 Å². The number of carbonyl (C=O) groups is 1. The van der Waals surface area contributed by atoms with Gasteiger partial charge in [-0.2, -0.15) is 0 Å². The van der Waals surface area contributed by atoms with Crippen LogP contribution in [0.5, 0.6) is 0 Å². The molecule has 1 aromatic heterocycles. The summed E-state index contributed by atoms with van der Waals surface area (Å²) in [4.78, 5) is 11.5. The van der Waals surface area contributed by atoms with Crippen LogP contribution < -0.4 is 5.32 Å². The number of carbonyl (C=O) groups excluding carboxylic acids is 1. The van der Waals surface area contributed by atoms with Gasteiger partial charge in [0.05, 0.1) is 11.8 Å². The van der Waals surface area contributed by atoms with E-state index >= 15 is 0 Å². The average molecular weight is 223 g/mol. The molecule has 1 heterocycles. The highest BCUT2D eigenvalue weighted by atomic mass is 35.5. The summed E-state index contributed by atoms with van der Waals surface area (Å²) in [6.07, 6.45) is 2.62. The summed E-state index contributed by atoms with van der Waals surface area (Å²) in [5.74, 6) is -0.279. The monoisotopic (exact) mass is 222 g/mol. The van der Waals surface area contributed by atoms with E-state index in [1.54, 1.807) is 24.3 Å². The van der Waals surface area contributed by atoms with Crippen LogP contribution in [0.25, 0.3) is 0 Å². The van der Waals surface area contributed by atoms with E-state index in [-0.39, 0.29) is 5.91 Å². The summed E-state index contributed by atoms with van der Waals surface area (Å²) in [6.45, 7) is 0. The molecule has 0 saturated carbocycles. The van der Waals surface area contributed by atoms with Crippen molar-refractivity contribution >= 4 is 23.2 Å². The molecule has 0 fully saturated rings. The number of hydrogen-bond acceptors (Lipinski definition) is 3. The first-order valence-electron chi connectivity index (χ1n) is 4.22. The molecule has 0 aliphatic rings. The van der Waals surface area contributed by atoms with Crippen molar-refractivity contribution in [3.63, 3.8) is 0 Å². The molecule has 0 spiro atoms.